The van der Waals surface area contributed by atoms with Gasteiger partial charge in [0, 0.05) is 24.0 Å². The summed E-state index contributed by atoms with van der Waals surface area (Å²) in [5, 5.41) is 6.52. The molecule has 5 N–H and O–H groups in total. The first kappa shape index (κ1) is 27.4. The molecule has 0 radical (unpaired) electrons. The minimum atomic E-state index is -0.625. The molecule has 2 aromatic rings. The van der Waals surface area contributed by atoms with Crippen LogP contribution in [0.2, 0.25) is 0 Å². The van der Waals surface area contributed by atoms with E-state index in [0.717, 1.165) is 0 Å². The van der Waals surface area contributed by atoms with E-state index in [9.17, 15) is 28.8 Å². The summed E-state index contributed by atoms with van der Waals surface area (Å²) in [7, 11) is 0. The largest absolute Gasteiger partial charge is 0.340 e. The summed E-state index contributed by atoms with van der Waals surface area (Å²) in [6.07, 6.45) is 1.45. The van der Waals surface area contributed by atoms with E-state index >= 15 is 0 Å². The molecule has 0 spiro atoms. The van der Waals surface area contributed by atoms with Gasteiger partial charge in [-0.2, -0.15) is 0 Å². The van der Waals surface area contributed by atoms with E-state index < -0.39 is 23.2 Å². The second kappa shape index (κ2) is 13.7. The monoisotopic (exact) mass is 500 g/mol. The van der Waals surface area contributed by atoms with Crippen molar-refractivity contribution in [1.82, 2.24) is 16.0 Å². The molecule has 2 unspecified atom stereocenters. The number of rotatable bonds is 3. The van der Waals surface area contributed by atoms with Crippen LogP contribution in [-0.4, -0.2) is 46.9 Å². The van der Waals surface area contributed by atoms with Gasteiger partial charge in [0.2, 0.25) is 23.6 Å². The Kier molecular flexibility index (Phi) is 10.7. The Bertz CT molecular complexity index is 1080. The van der Waals surface area contributed by atoms with Gasteiger partial charge in [-0.25, -0.2) is 0 Å². The van der Waals surface area contributed by atoms with Crippen molar-refractivity contribution >= 4 is 46.4 Å². The summed E-state index contributed by atoms with van der Waals surface area (Å²) in [5.41, 5.74) is 6.31. The predicted octanol–water partition coefficient (Wildman–Crippen LogP) is 1.04. The van der Waals surface area contributed by atoms with Gasteiger partial charge < -0.3 is 11.1 Å². The van der Waals surface area contributed by atoms with E-state index in [2.05, 4.69) is 16.0 Å². The maximum atomic E-state index is 11.8. The number of hydrogen-bond donors (Lipinski definition) is 4. The van der Waals surface area contributed by atoms with Crippen LogP contribution >= 0.6 is 11.6 Å². The third-order valence-electron chi connectivity index (χ3n) is 4.86. The van der Waals surface area contributed by atoms with Gasteiger partial charge in [0.15, 0.2) is 0 Å². The standard InChI is InChI=1S/C12H12N2O3.C7H5ClO.C5H8N2O2/c15-10-7-6-9(12(17)14-10)13-11(16)8-4-2-1-3-5-8;8-7(9)6-4-2-1-3-5-6;6-3-1-2-4(8)7-5(3)9/h1-5,9H,6-7H2,(H,13,16)(H,14,15,17);1-5H;3H,1-2,6H2,(H,7,8,9). The highest BCUT2D eigenvalue weighted by Gasteiger charge is 2.28. The molecule has 35 heavy (non-hydrogen) atoms. The average Bonchev–Trinajstić information content (AvgIpc) is 2.85. The Morgan fingerprint density at radius 3 is 1.69 bits per heavy atom. The zero-order valence-corrected chi connectivity index (χ0v) is 19.4. The number of nitrogens with one attached hydrogen (secondary N) is 3. The van der Waals surface area contributed by atoms with Crippen LogP contribution in [0.4, 0.5) is 0 Å². The Morgan fingerprint density at radius 2 is 1.26 bits per heavy atom. The maximum Gasteiger partial charge on any atom is 0.252 e. The molecule has 2 aromatic carbocycles. The predicted molar refractivity (Wildman–Crippen MR) is 127 cm³/mol. The van der Waals surface area contributed by atoms with E-state index in [1.54, 1.807) is 48.5 Å². The van der Waals surface area contributed by atoms with E-state index in [1.807, 2.05) is 12.1 Å². The van der Waals surface area contributed by atoms with E-state index in [1.165, 1.54) is 0 Å². The van der Waals surface area contributed by atoms with Crippen molar-refractivity contribution in [3.63, 3.8) is 0 Å². The van der Waals surface area contributed by atoms with Crippen LogP contribution in [0.15, 0.2) is 60.7 Å². The molecule has 5 amide bonds. The topological polar surface area (TPSA) is 165 Å². The van der Waals surface area contributed by atoms with Gasteiger partial charge in [-0.3, -0.25) is 39.4 Å². The smallest absolute Gasteiger partial charge is 0.252 e. The highest BCUT2D eigenvalue weighted by molar-refractivity contribution is 6.67. The lowest BCUT2D eigenvalue weighted by Crippen LogP contribution is -2.52. The molecule has 2 aliphatic rings. The molecule has 0 aromatic heterocycles. The maximum absolute atomic E-state index is 11.8. The zero-order valence-electron chi connectivity index (χ0n) is 18.7. The van der Waals surface area contributed by atoms with Gasteiger partial charge in [0.05, 0.1) is 6.04 Å². The van der Waals surface area contributed by atoms with Crippen LogP contribution < -0.4 is 21.7 Å². The SMILES string of the molecule is NC1CCC(=O)NC1=O.O=C(Cl)c1ccccc1.O=C1CCC(NC(=O)c2ccccc2)C(=O)N1. The van der Waals surface area contributed by atoms with E-state index in [4.69, 9.17) is 17.3 Å². The highest BCUT2D eigenvalue weighted by Crippen LogP contribution is 2.06. The number of benzene rings is 2. The van der Waals surface area contributed by atoms with Crippen molar-refractivity contribution in [2.45, 2.75) is 37.8 Å². The molecule has 2 atom stereocenters. The van der Waals surface area contributed by atoms with Gasteiger partial charge >= 0.3 is 0 Å². The van der Waals surface area contributed by atoms with E-state index in [-0.39, 0.29) is 30.0 Å². The highest BCUT2D eigenvalue weighted by atomic mass is 35.5. The van der Waals surface area contributed by atoms with Crippen molar-refractivity contribution in [1.29, 1.82) is 0 Å². The lowest BCUT2D eigenvalue weighted by atomic mass is 10.1. The normalized spacial score (nSPS) is 19.0. The minimum absolute atomic E-state index is 0.221. The summed E-state index contributed by atoms with van der Waals surface area (Å²) in [6.45, 7) is 0. The molecule has 2 aliphatic heterocycles. The quantitative estimate of drug-likeness (QED) is 0.361. The van der Waals surface area contributed by atoms with Crippen molar-refractivity contribution < 1.29 is 28.8 Å². The van der Waals surface area contributed by atoms with Gasteiger partial charge in [0.25, 0.3) is 11.1 Å². The molecular formula is C24H25ClN4O6. The Balaban J connectivity index is 0.000000203. The Labute approximate surface area is 206 Å². The van der Waals surface area contributed by atoms with Crippen molar-refractivity contribution in [3.8, 4) is 0 Å². The lowest BCUT2D eigenvalue weighted by Gasteiger charge is -2.21. The van der Waals surface area contributed by atoms with Crippen LogP contribution in [0.5, 0.6) is 0 Å². The molecule has 0 saturated carbocycles. The number of carbonyl (C=O) groups excluding carboxylic acids is 6. The first-order valence-corrected chi connectivity index (χ1v) is 11.1. The molecule has 10 nitrogen and oxygen atoms in total. The average molecular weight is 501 g/mol. The Morgan fingerprint density at radius 1 is 0.771 bits per heavy atom. The van der Waals surface area contributed by atoms with Crippen LogP contribution in [-0.2, 0) is 19.2 Å². The fourth-order valence-electron chi connectivity index (χ4n) is 2.94. The van der Waals surface area contributed by atoms with Crippen LogP contribution in [0.1, 0.15) is 46.4 Å². The van der Waals surface area contributed by atoms with Crippen LogP contribution in [0, 0.1) is 0 Å². The number of imide groups is 2. The molecule has 2 saturated heterocycles. The molecule has 4 rings (SSSR count). The lowest BCUT2D eigenvalue weighted by molar-refractivity contribution is -0.135. The van der Waals surface area contributed by atoms with Gasteiger partial charge in [-0.15, -0.1) is 0 Å². The number of piperidine rings is 2. The first-order valence-electron chi connectivity index (χ1n) is 10.7. The molecule has 0 aliphatic carbocycles. The van der Waals surface area contributed by atoms with Gasteiger partial charge in [-0.1, -0.05) is 48.5 Å². The fraction of sp³-hybridized carbons (Fsp3) is 0.250. The zero-order chi connectivity index (χ0) is 25.8. The number of hydrogen-bond acceptors (Lipinski definition) is 7. The first-order chi connectivity index (χ1) is 16.7. The number of halogens is 1. The van der Waals surface area contributed by atoms with E-state index in [0.29, 0.717) is 30.4 Å². The summed E-state index contributed by atoms with van der Waals surface area (Å²) < 4.78 is 0. The molecular weight excluding hydrogens is 476 g/mol. The fourth-order valence-corrected chi connectivity index (χ4v) is 3.07. The second-order valence-corrected chi connectivity index (χ2v) is 7.88. The molecule has 2 fully saturated rings. The molecule has 11 heteroatoms. The van der Waals surface area contributed by atoms with Gasteiger partial charge in [0.1, 0.15) is 6.04 Å². The summed E-state index contributed by atoms with van der Waals surface area (Å²) in [4.78, 5) is 65.5. The second-order valence-electron chi connectivity index (χ2n) is 7.54. The summed E-state index contributed by atoms with van der Waals surface area (Å²) >= 11 is 5.16. The van der Waals surface area contributed by atoms with Gasteiger partial charge in [-0.05, 0) is 36.6 Å². The molecule has 0 bridgehead atoms. The number of nitrogens with two attached hydrogens (primary N) is 1. The Hall–Kier alpha value is -3.89. The summed E-state index contributed by atoms with van der Waals surface area (Å²) in [5.74, 6) is -1.61. The third-order valence-corrected chi connectivity index (χ3v) is 5.08. The van der Waals surface area contributed by atoms with Crippen molar-refractivity contribution in [3.05, 3.63) is 71.8 Å². The molecule has 2 heterocycles. The van der Waals surface area contributed by atoms with Crippen LogP contribution in [0.25, 0.3) is 0 Å². The number of carbonyl (C=O) groups is 6. The third kappa shape index (κ3) is 9.48. The minimum Gasteiger partial charge on any atom is -0.340 e. The molecule has 184 valence electrons. The number of amides is 5. The summed E-state index contributed by atoms with van der Waals surface area (Å²) in [6, 6.07) is 16.3. The van der Waals surface area contributed by atoms with Crippen LogP contribution in [0.3, 0.4) is 0 Å². The van der Waals surface area contributed by atoms with Crippen molar-refractivity contribution in [2.24, 2.45) is 5.73 Å². The van der Waals surface area contributed by atoms with Crippen molar-refractivity contribution in [2.75, 3.05) is 0 Å².